The van der Waals surface area contributed by atoms with Crippen LogP contribution in [0, 0.1) is 0 Å². The molecule has 2 amide bonds. The van der Waals surface area contributed by atoms with E-state index in [9.17, 15) is 4.79 Å². The Morgan fingerprint density at radius 1 is 1.15 bits per heavy atom. The van der Waals surface area contributed by atoms with Crippen LogP contribution in [0.25, 0.3) is 0 Å². The highest BCUT2D eigenvalue weighted by atomic mass is 16.7. The summed E-state index contributed by atoms with van der Waals surface area (Å²) in [6.45, 7) is 6.37. The van der Waals surface area contributed by atoms with Gasteiger partial charge in [0.2, 0.25) is 12.5 Å². The van der Waals surface area contributed by atoms with Crippen LogP contribution in [-0.4, -0.2) is 41.6 Å². The second-order valence-corrected chi connectivity index (χ2v) is 9.52. The van der Waals surface area contributed by atoms with Gasteiger partial charge in [-0.3, -0.25) is 10.2 Å². The van der Waals surface area contributed by atoms with Crippen LogP contribution in [0.5, 0.6) is 17.2 Å². The SMILES string of the molecule is COc1cc(C2c3cnn(C(C)(C)C)c3N=C3NC(=O)N(c4ccccc4)C32)cc2c1OCO2. The van der Waals surface area contributed by atoms with Gasteiger partial charge in [-0.15, -0.1) is 0 Å². The fraction of sp³-hybridized carbons (Fsp3) is 0.320. The molecule has 3 aliphatic rings. The van der Waals surface area contributed by atoms with Crippen LogP contribution in [0.15, 0.2) is 53.7 Å². The van der Waals surface area contributed by atoms with Crippen molar-refractivity contribution in [2.75, 3.05) is 18.8 Å². The van der Waals surface area contributed by atoms with E-state index < -0.39 is 0 Å². The predicted octanol–water partition coefficient (Wildman–Crippen LogP) is 4.15. The number of amidine groups is 1. The molecule has 6 rings (SSSR count). The summed E-state index contributed by atoms with van der Waals surface area (Å²) >= 11 is 0. The van der Waals surface area contributed by atoms with Crippen LogP contribution in [-0.2, 0) is 5.54 Å². The molecule has 0 spiro atoms. The number of nitrogens with zero attached hydrogens (tertiary/aromatic N) is 4. The maximum atomic E-state index is 13.2. The zero-order valence-corrected chi connectivity index (χ0v) is 19.4. The number of aliphatic imine (C=N–C) groups is 1. The number of methoxy groups -OCH3 is 1. The summed E-state index contributed by atoms with van der Waals surface area (Å²) in [5.74, 6) is 2.85. The largest absolute Gasteiger partial charge is 0.493 e. The Balaban J connectivity index is 1.59. The molecule has 2 atom stereocenters. The molecule has 0 aliphatic carbocycles. The van der Waals surface area contributed by atoms with E-state index in [4.69, 9.17) is 24.3 Å². The Labute approximate surface area is 196 Å². The maximum absolute atomic E-state index is 13.2. The van der Waals surface area contributed by atoms with Crippen LogP contribution in [0.3, 0.4) is 0 Å². The minimum absolute atomic E-state index is 0.138. The fourth-order valence-corrected chi connectivity index (χ4v) is 4.91. The smallest absolute Gasteiger partial charge is 0.328 e. The first-order valence-electron chi connectivity index (χ1n) is 11.2. The Hall–Kier alpha value is -4.01. The third kappa shape index (κ3) is 2.96. The van der Waals surface area contributed by atoms with E-state index in [0.717, 1.165) is 22.6 Å². The number of anilines is 1. The fourth-order valence-electron chi connectivity index (χ4n) is 4.91. The van der Waals surface area contributed by atoms with Gasteiger partial charge in [0.15, 0.2) is 17.3 Å². The number of hydrogen-bond donors (Lipinski definition) is 1. The van der Waals surface area contributed by atoms with Gasteiger partial charge in [-0.25, -0.2) is 14.5 Å². The average Bonchev–Trinajstić information content (AvgIpc) is 3.53. The number of ether oxygens (including phenoxy) is 3. The minimum Gasteiger partial charge on any atom is -0.493 e. The Kier molecular flexibility index (Phi) is 4.39. The summed E-state index contributed by atoms with van der Waals surface area (Å²) in [5.41, 5.74) is 2.36. The lowest BCUT2D eigenvalue weighted by Crippen LogP contribution is -2.42. The number of rotatable bonds is 3. The molecule has 1 saturated heterocycles. The molecular weight excluding hydrogens is 434 g/mol. The average molecular weight is 460 g/mol. The summed E-state index contributed by atoms with van der Waals surface area (Å²) in [4.78, 5) is 19.9. The molecule has 9 heteroatoms. The van der Waals surface area contributed by atoms with Gasteiger partial charge in [0.25, 0.3) is 0 Å². The molecular formula is C25H25N5O4. The van der Waals surface area contributed by atoms with E-state index in [1.807, 2.05) is 53.3 Å². The van der Waals surface area contributed by atoms with Gasteiger partial charge in [-0.05, 0) is 50.6 Å². The summed E-state index contributed by atoms with van der Waals surface area (Å²) in [5, 5.41) is 7.70. The summed E-state index contributed by atoms with van der Waals surface area (Å²) in [6, 6.07) is 12.9. The molecule has 1 fully saturated rings. The van der Waals surface area contributed by atoms with Crippen LogP contribution >= 0.6 is 0 Å². The molecule has 0 radical (unpaired) electrons. The second kappa shape index (κ2) is 7.24. The number of aromatic nitrogens is 2. The Bertz CT molecular complexity index is 1330. The number of carbonyl (C=O) groups is 1. The monoisotopic (exact) mass is 459 g/mol. The maximum Gasteiger partial charge on any atom is 0.328 e. The molecule has 3 aromatic rings. The molecule has 4 heterocycles. The van der Waals surface area contributed by atoms with Gasteiger partial charge in [0, 0.05) is 17.2 Å². The normalized spacial score (nSPS) is 20.5. The molecule has 174 valence electrons. The lowest BCUT2D eigenvalue weighted by atomic mass is 9.83. The number of urea groups is 1. The number of fused-ring (bicyclic) bond motifs is 3. The second-order valence-electron chi connectivity index (χ2n) is 9.52. The van der Waals surface area contributed by atoms with Crippen molar-refractivity contribution < 1.29 is 19.0 Å². The number of para-hydroxylation sites is 1. The number of amides is 2. The van der Waals surface area contributed by atoms with Crippen LogP contribution in [0.4, 0.5) is 16.3 Å². The van der Waals surface area contributed by atoms with E-state index in [-0.39, 0.29) is 30.3 Å². The van der Waals surface area contributed by atoms with Crippen molar-refractivity contribution in [3.05, 3.63) is 59.8 Å². The molecule has 9 nitrogen and oxygen atoms in total. The first-order valence-corrected chi connectivity index (χ1v) is 11.2. The van der Waals surface area contributed by atoms with Gasteiger partial charge >= 0.3 is 6.03 Å². The first-order chi connectivity index (χ1) is 16.4. The summed E-state index contributed by atoms with van der Waals surface area (Å²) in [7, 11) is 1.61. The molecule has 34 heavy (non-hydrogen) atoms. The van der Waals surface area contributed by atoms with Crippen molar-refractivity contribution in [3.8, 4) is 17.2 Å². The lowest BCUT2D eigenvalue weighted by Gasteiger charge is -2.33. The van der Waals surface area contributed by atoms with Crippen LogP contribution in [0.1, 0.15) is 37.8 Å². The lowest BCUT2D eigenvalue weighted by molar-refractivity contribution is 0.171. The minimum atomic E-state index is -0.384. The van der Waals surface area contributed by atoms with Crippen LogP contribution in [0.2, 0.25) is 0 Å². The topological polar surface area (TPSA) is 90.2 Å². The van der Waals surface area contributed by atoms with Crippen molar-refractivity contribution in [1.82, 2.24) is 15.1 Å². The highest BCUT2D eigenvalue weighted by Gasteiger charge is 2.48. The van der Waals surface area contributed by atoms with Gasteiger partial charge < -0.3 is 14.2 Å². The molecule has 0 saturated carbocycles. The van der Waals surface area contributed by atoms with Gasteiger partial charge in [0.1, 0.15) is 11.9 Å². The predicted molar refractivity (Wildman–Crippen MR) is 127 cm³/mol. The highest BCUT2D eigenvalue weighted by molar-refractivity contribution is 6.18. The summed E-state index contributed by atoms with van der Waals surface area (Å²) < 4.78 is 18.9. The van der Waals surface area contributed by atoms with E-state index in [1.165, 1.54) is 0 Å². The quantitative estimate of drug-likeness (QED) is 0.636. The zero-order valence-electron chi connectivity index (χ0n) is 19.4. The molecule has 3 aliphatic heterocycles. The van der Waals surface area contributed by atoms with Gasteiger partial charge in [-0.2, -0.15) is 5.10 Å². The number of hydrogen-bond acceptors (Lipinski definition) is 6. The third-order valence-electron chi connectivity index (χ3n) is 6.37. The van der Waals surface area contributed by atoms with Crippen molar-refractivity contribution >= 4 is 23.4 Å². The highest BCUT2D eigenvalue weighted by Crippen LogP contribution is 2.49. The van der Waals surface area contributed by atoms with Crippen molar-refractivity contribution in [2.24, 2.45) is 4.99 Å². The molecule has 0 bridgehead atoms. The van der Waals surface area contributed by atoms with Crippen LogP contribution < -0.4 is 24.4 Å². The van der Waals surface area contributed by atoms with E-state index in [2.05, 4.69) is 26.1 Å². The number of nitrogens with one attached hydrogen (secondary N) is 1. The van der Waals surface area contributed by atoms with Gasteiger partial charge in [-0.1, -0.05) is 18.2 Å². The molecule has 2 aromatic carbocycles. The molecule has 1 aromatic heterocycles. The van der Waals surface area contributed by atoms with Crippen molar-refractivity contribution in [3.63, 3.8) is 0 Å². The standard InChI is InChI=1S/C25H25N5O4/c1-25(2,3)30-23-16(12-26-30)19(14-10-17(32-4)21-18(11-14)33-13-34-21)20-22(27-23)28-24(31)29(20)15-8-6-5-7-9-15/h5-12,19-20H,13H2,1-4H3,(H,27,28,31). The molecule has 1 N–H and O–H groups in total. The van der Waals surface area contributed by atoms with E-state index >= 15 is 0 Å². The first kappa shape index (κ1) is 20.6. The molecule has 2 unspecified atom stereocenters. The van der Waals surface area contributed by atoms with Gasteiger partial charge in [0.05, 0.1) is 18.8 Å². The third-order valence-corrected chi connectivity index (χ3v) is 6.37. The zero-order chi connectivity index (χ0) is 23.6. The Morgan fingerprint density at radius 3 is 2.68 bits per heavy atom. The van der Waals surface area contributed by atoms with Crippen molar-refractivity contribution in [1.29, 1.82) is 0 Å². The van der Waals surface area contributed by atoms with E-state index in [1.54, 1.807) is 12.0 Å². The Morgan fingerprint density at radius 2 is 1.94 bits per heavy atom. The van der Waals surface area contributed by atoms with Crippen molar-refractivity contribution in [2.45, 2.75) is 38.3 Å². The number of carbonyl (C=O) groups excluding carboxylic acids is 1. The summed E-state index contributed by atoms with van der Waals surface area (Å²) in [6.07, 6.45) is 1.86. The van der Waals surface area contributed by atoms with E-state index in [0.29, 0.717) is 23.1 Å². The number of benzene rings is 2.